The molecule has 0 spiro atoms. The van der Waals surface area contributed by atoms with Gasteiger partial charge in [0.1, 0.15) is 11.6 Å². The van der Waals surface area contributed by atoms with Crippen LogP contribution in [0.4, 0.5) is 18.3 Å². The van der Waals surface area contributed by atoms with E-state index in [4.69, 9.17) is 0 Å². The molecule has 0 fully saturated rings. The summed E-state index contributed by atoms with van der Waals surface area (Å²) < 4.78 is 43.9. The summed E-state index contributed by atoms with van der Waals surface area (Å²) in [5, 5.41) is 0.838. The Bertz CT molecular complexity index is 663. The van der Waals surface area contributed by atoms with Crippen molar-refractivity contribution in [2.24, 2.45) is 5.92 Å². The van der Waals surface area contributed by atoms with Gasteiger partial charge in [0.05, 0.1) is 0 Å². The Morgan fingerprint density at radius 2 is 2.18 bits per heavy atom. The molecule has 0 N–H and O–H groups in total. The molecule has 0 radical (unpaired) electrons. The van der Waals surface area contributed by atoms with Crippen molar-refractivity contribution in [1.82, 2.24) is 18.9 Å². The first-order valence-corrected chi connectivity index (χ1v) is 7.75. The Hall–Kier alpha value is -1.64. The largest absolute Gasteiger partial charge is 0.434 e. The third kappa shape index (κ3) is 3.08. The molecule has 0 saturated heterocycles. The molecular formula is C13H16F3N5S. The van der Waals surface area contributed by atoms with E-state index in [1.807, 2.05) is 18.9 Å². The zero-order valence-corrected chi connectivity index (χ0v) is 13.1. The number of alkyl halides is 3. The summed E-state index contributed by atoms with van der Waals surface area (Å²) in [6.07, 6.45) is -1.85. The zero-order chi connectivity index (χ0) is 15.9. The molecule has 0 saturated carbocycles. The molecule has 1 aliphatic heterocycles. The quantitative estimate of drug-likeness (QED) is 0.868. The van der Waals surface area contributed by atoms with Crippen LogP contribution in [-0.4, -0.2) is 32.5 Å². The second kappa shape index (κ2) is 5.53. The fourth-order valence-corrected chi connectivity index (χ4v) is 3.35. The van der Waals surface area contributed by atoms with Gasteiger partial charge in [-0.2, -0.15) is 17.5 Å². The maximum Gasteiger partial charge on any atom is 0.434 e. The SMILES string of the molecule is Cc1nsc(N(C)CC2CCc3nc(C(F)(F)F)cn3C2)n1. The number of nitrogens with zero attached hydrogens (tertiary/aromatic N) is 5. The van der Waals surface area contributed by atoms with Gasteiger partial charge in [0, 0.05) is 44.3 Å². The number of hydrogen-bond acceptors (Lipinski definition) is 5. The summed E-state index contributed by atoms with van der Waals surface area (Å²) in [6, 6.07) is 0. The highest BCUT2D eigenvalue weighted by Crippen LogP contribution is 2.31. The summed E-state index contributed by atoms with van der Waals surface area (Å²) in [6.45, 7) is 3.14. The molecule has 2 aromatic rings. The molecule has 1 unspecified atom stereocenters. The minimum atomic E-state index is -4.37. The van der Waals surface area contributed by atoms with Crippen LogP contribution in [0.15, 0.2) is 6.20 Å². The maximum atomic E-state index is 12.7. The van der Waals surface area contributed by atoms with Gasteiger partial charge in [0.2, 0.25) is 5.13 Å². The molecule has 0 bridgehead atoms. The Morgan fingerprint density at radius 1 is 1.41 bits per heavy atom. The van der Waals surface area contributed by atoms with Crippen molar-refractivity contribution < 1.29 is 13.2 Å². The Morgan fingerprint density at radius 3 is 2.82 bits per heavy atom. The molecule has 9 heteroatoms. The standard InChI is InChI=1S/C13H16F3N5S/c1-8-17-12(22-19-8)20(2)5-9-3-4-11-18-10(13(14,15)16)7-21(11)6-9/h7,9H,3-6H2,1-2H3. The van der Waals surface area contributed by atoms with E-state index in [0.29, 0.717) is 18.8 Å². The average molecular weight is 331 g/mol. The lowest BCUT2D eigenvalue weighted by Crippen LogP contribution is -2.31. The monoisotopic (exact) mass is 331 g/mol. The molecule has 3 rings (SSSR count). The number of aryl methyl sites for hydroxylation is 2. The molecule has 120 valence electrons. The third-order valence-electron chi connectivity index (χ3n) is 3.76. The maximum absolute atomic E-state index is 12.7. The number of halogens is 3. The normalized spacial score (nSPS) is 18.3. The number of anilines is 1. The first-order valence-electron chi connectivity index (χ1n) is 6.97. The van der Waals surface area contributed by atoms with E-state index in [1.165, 1.54) is 11.5 Å². The average Bonchev–Trinajstić information content (AvgIpc) is 3.03. The number of aromatic nitrogens is 4. The summed E-state index contributed by atoms with van der Waals surface area (Å²) in [5.74, 6) is 1.54. The van der Waals surface area contributed by atoms with Crippen LogP contribution < -0.4 is 4.90 Å². The summed E-state index contributed by atoms with van der Waals surface area (Å²) in [5.41, 5.74) is -0.795. The van der Waals surface area contributed by atoms with Crippen LogP contribution in [0, 0.1) is 12.8 Å². The first-order chi connectivity index (χ1) is 10.3. The highest BCUT2D eigenvalue weighted by atomic mass is 32.1. The highest BCUT2D eigenvalue weighted by Gasteiger charge is 2.35. The number of fused-ring (bicyclic) bond motifs is 1. The van der Waals surface area contributed by atoms with Crippen molar-refractivity contribution in [3.8, 4) is 0 Å². The van der Waals surface area contributed by atoms with Gasteiger partial charge in [-0.25, -0.2) is 9.97 Å². The molecule has 22 heavy (non-hydrogen) atoms. The van der Waals surface area contributed by atoms with Crippen LogP contribution >= 0.6 is 11.5 Å². The van der Waals surface area contributed by atoms with E-state index in [0.717, 1.165) is 30.1 Å². The predicted molar refractivity (Wildman–Crippen MR) is 77.0 cm³/mol. The topological polar surface area (TPSA) is 46.8 Å². The van der Waals surface area contributed by atoms with E-state index in [2.05, 4.69) is 14.3 Å². The van der Waals surface area contributed by atoms with Gasteiger partial charge < -0.3 is 9.47 Å². The number of hydrogen-bond donors (Lipinski definition) is 0. The van der Waals surface area contributed by atoms with Crippen LogP contribution in [0.3, 0.4) is 0 Å². The minimum Gasteiger partial charge on any atom is -0.350 e. The van der Waals surface area contributed by atoms with Crippen molar-refractivity contribution >= 4 is 16.7 Å². The highest BCUT2D eigenvalue weighted by molar-refractivity contribution is 7.09. The van der Waals surface area contributed by atoms with E-state index >= 15 is 0 Å². The summed E-state index contributed by atoms with van der Waals surface area (Å²) >= 11 is 1.34. The lowest BCUT2D eigenvalue weighted by molar-refractivity contribution is -0.141. The van der Waals surface area contributed by atoms with Crippen LogP contribution in [0.2, 0.25) is 0 Å². The summed E-state index contributed by atoms with van der Waals surface area (Å²) in [7, 11) is 1.94. The van der Waals surface area contributed by atoms with Crippen LogP contribution in [-0.2, 0) is 19.1 Å². The third-order valence-corrected chi connectivity index (χ3v) is 4.68. The number of rotatable bonds is 3. The van der Waals surface area contributed by atoms with Gasteiger partial charge in [0.15, 0.2) is 5.69 Å². The lowest BCUT2D eigenvalue weighted by Gasteiger charge is -2.27. The van der Waals surface area contributed by atoms with E-state index in [-0.39, 0.29) is 5.92 Å². The summed E-state index contributed by atoms with van der Waals surface area (Å²) in [4.78, 5) is 10.0. The van der Waals surface area contributed by atoms with Crippen LogP contribution in [0.5, 0.6) is 0 Å². The number of imidazole rings is 1. The van der Waals surface area contributed by atoms with Crippen molar-refractivity contribution in [2.45, 2.75) is 32.5 Å². The van der Waals surface area contributed by atoms with Crippen molar-refractivity contribution in [2.75, 3.05) is 18.5 Å². The molecule has 0 amide bonds. The molecule has 0 aromatic carbocycles. The van der Waals surface area contributed by atoms with E-state index in [9.17, 15) is 13.2 Å². The van der Waals surface area contributed by atoms with Gasteiger partial charge in [-0.05, 0) is 19.3 Å². The molecular weight excluding hydrogens is 315 g/mol. The second-order valence-electron chi connectivity index (χ2n) is 5.60. The van der Waals surface area contributed by atoms with Gasteiger partial charge in [-0.15, -0.1) is 0 Å². The van der Waals surface area contributed by atoms with E-state index < -0.39 is 11.9 Å². The lowest BCUT2D eigenvalue weighted by atomic mass is 9.99. The van der Waals surface area contributed by atoms with Gasteiger partial charge in [-0.1, -0.05) is 0 Å². The van der Waals surface area contributed by atoms with Gasteiger partial charge in [0.25, 0.3) is 0 Å². The smallest absolute Gasteiger partial charge is 0.350 e. The van der Waals surface area contributed by atoms with Gasteiger partial charge >= 0.3 is 6.18 Å². The van der Waals surface area contributed by atoms with Crippen molar-refractivity contribution in [3.05, 3.63) is 23.5 Å². The zero-order valence-electron chi connectivity index (χ0n) is 12.3. The fourth-order valence-electron chi connectivity index (χ4n) is 2.71. The Labute approximate surface area is 130 Å². The minimum absolute atomic E-state index is 0.275. The predicted octanol–water partition coefficient (Wildman–Crippen LogP) is 2.76. The van der Waals surface area contributed by atoms with Crippen LogP contribution in [0.1, 0.15) is 23.8 Å². The van der Waals surface area contributed by atoms with Gasteiger partial charge in [-0.3, -0.25) is 0 Å². The molecule has 3 heterocycles. The Balaban J connectivity index is 1.68. The van der Waals surface area contributed by atoms with E-state index in [1.54, 1.807) is 4.57 Å². The van der Waals surface area contributed by atoms with Crippen molar-refractivity contribution in [1.29, 1.82) is 0 Å². The molecule has 2 aromatic heterocycles. The Kier molecular flexibility index (Phi) is 3.84. The molecule has 1 atom stereocenters. The second-order valence-corrected chi connectivity index (χ2v) is 6.33. The molecule has 1 aliphatic rings. The first kappa shape index (κ1) is 15.3. The fraction of sp³-hybridized carbons (Fsp3) is 0.615. The van der Waals surface area contributed by atoms with Crippen molar-refractivity contribution in [3.63, 3.8) is 0 Å². The molecule has 0 aliphatic carbocycles. The van der Waals surface area contributed by atoms with Crippen LogP contribution in [0.25, 0.3) is 0 Å². The molecule has 5 nitrogen and oxygen atoms in total.